The van der Waals surface area contributed by atoms with E-state index in [4.69, 9.17) is 0 Å². The Bertz CT molecular complexity index is 122. The van der Waals surface area contributed by atoms with Gasteiger partial charge in [-0.15, -0.1) is 0 Å². The summed E-state index contributed by atoms with van der Waals surface area (Å²) in [5.74, 6) is 1.56. The van der Waals surface area contributed by atoms with Crippen molar-refractivity contribution in [2.45, 2.75) is 32.1 Å². The second-order valence-corrected chi connectivity index (χ2v) is 3.30. The van der Waals surface area contributed by atoms with Gasteiger partial charge in [0, 0.05) is 11.8 Å². The molecule has 0 aliphatic heterocycles. The first-order valence-corrected chi connectivity index (χ1v) is 3.91. The van der Waals surface area contributed by atoms with Gasteiger partial charge in [-0.1, -0.05) is 6.42 Å². The van der Waals surface area contributed by atoms with Gasteiger partial charge in [0.05, 0.1) is 0 Å². The van der Waals surface area contributed by atoms with Crippen LogP contribution in [0.2, 0.25) is 0 Å². The van der Waals surface area contributed by atoms with E-state index in [1.54, 1.807) is 0 Å². The van der Waals surface area contributed by atoms with Gasteiger partial charge in [-0.25, -0.2) is 0 Å². The fraction of sp³-hybridized carbons (Fsp3) is 0.875. The average molecular weight is 124 g/mol. The first kappa shape index (κ1) is 5.45. The maximum Gasteiger partial charge on any atom is 0.139 e. The van der Waals surface area contributed by atoms with E-state index in [2.05, 4.69) is 0 Å². The molecule has 0 aromatic heterocycles. The summed E-state index contributed by atoms with van der Waals surface area (Å²) in [5, 5.41) is 0. The van der Waals surface area contributed by atoms with E-state index >= 15 is 0 Å². The molecule has 9 heavy (non-hydrogen) atoms. The van der Waals surface area contributed by atoms with Gasteiger partial charge in [0.1, 0.15) is 5.78 Å². The van der Waals surface area contributed by atoms with Crippen molar-refractivity contribution in [2.24, 2.45) is 11.8 Å². The van der Waals surface area contributed by atoms with Crippen LogP contribution in [0.1, 0.15) is 32.1 Å². The van der Waals surface area contributed by atoms with Crippen LogP contribution in [0, 0.1) is 11.8 Å². The lowest BCUT2D eigenvalue weighted by atomic mass is 9.88. The molecule has 0 spiro atoms. The van der Waals surface area contributed by atoms with Crippen molar-refractivity contribution in [1.29, 1.82) is 0 Å². The predicted molar refractivity (Wildman–Crippen MR) is 35.1 cm³/mol. The second kappa shape index (κ2) is 1.83. The smallest absolute Gasteiger partial charge is 0.139 e. The number of ketones is 1. The molecule has 2 bridgehead atoms. The minimum atomic E-state index is 0.490. The summed E-state index contributed by atoms with van der Waals surface area (Å²) in [5.41, 5.74) is 0. The first-order chi connectivity index (χ1) is 4.38. The van der Waals surface area contributed by atoms with Gasteiger partial charge in [0.25, 0.3) is 0 Å². The molecule has 2 aliphatic rings. The molecule has 0 saturated heterocycles. The zero-order valence-corrected chi connectivity index (χ0v) is 5.60. The minimum absolute atomic E-state index is 0.490. The van der Waals surface area contributed by atoms with E-state index in [-0.39, 0.29) is 0 Å². The highest BCUT2D eigenvalue weighted by Crippen LogP contribution is 2.38. The Hall–Kier alpha value is -0.330. The van der Waals surface area contributed by atoms with Crippen LogP contribution in [0.15, 0.2) is 0 Å². The Morgan fingerprint density at radius 1 is 1.00 bits per heavy atom. The van der Waals surface area contributed by atoms with Crippen LogP contribution in [-0.2, 0) is 4.79 Å². The third-order valence-electron chi connectivity index (χ3n) is 2.77. The Morgan fingerprint density at radius 2 is 1.56 bits per heavy atom. The van der Waals surface area contributed by atoms with Crippen molar-refractivity contribution in [1.82, 2.24) is 0 Å². The van der Waals surface area contributed by atoms with Crippen LogP contribution >= 0.6 is 0 Å². The number of carbonyl (C=O) groups is 1. The quantitative estimate of drug-likeness (QED) is 0.481. The zero-order valence-electron chi connectivity index (χ0n) is 5.60. The molecule has 2 rings (SSSR count). The van der Waals surface area contributed by atoms with Crippen molar-refractivity contribution in [3.8, 4) is 0 Å². The molecule has 2 unspecified atom stereocenters. The standard InChI is InChI=1S/C8H12O/c9-8-6-2-1-3-7(8)5-4-6/h6-7H,1-5H2. The van der Waals surface area contributed by atoms with Gasteiger partial charge in [0.15, 0.2) is 0 Å². The number of rotatable bonds is 0. The first-order valence-electron chi connectivity index (χ1n) is 3.91. The Morgan fingerprint density at radius 3 is 2.00 bits per heavy atom. The van der Waals surface area contributed by atoms with Crippen LogP contribution < -0.4 is 0 Å². The summed E-state index contributed by atoms with van der Waals surface area (Å²) in [6, 6.07) is 0. The highest BCUT2D eigenvalue weighted by Gasteiger charge is 2.36. The van der Waals surface area contributed by atoms with Gasteiger partial charge < -0.3 is 0 Å². The number of carbonyl (C=O) groups excluding carboxylic acids is 1. The van der Waals surface area contributed by atoms with Crippen LogP contribution in [0.4, 0.5) is 0 Å². The third kappa shape index (κ3) is 0.707. The summed E-state index contributed by atoms with van der Waals surface area (Å²) in [7, 11) is 0. The average Bonchev–Trinajstić information content (AvgIpc) is 2.19. The summed E-state index contributed by atoms with van der Waals surface area (Å²) < 4.78 is 0. The summed E-state index contributed by atoms with van der Waals surface area (Å²) in [4.78, 5) is 11.2. The molecule has 50 valence electrons. The molecule has 2 fully saturated rings. The second-order valence-electron chi connectivity index (χ2n) is 3.30. The van der Waals surface area contributed by atoms with Crippen molar-refractivity contribution in [3.63, 3.8) is 0 Å². The maximum absolute atomic E-state index is 11.2. The van der Waals surface area contributed by atoms with Crippen LogP contribution in [0.5, 0.6) is 0 Å². The van der Waals surface area contributed by atoms with Gasteiger partial charge >= 0.3 is 0 Å². The van der Waals surface area contributed by atoms with Crippen molar-refractivity contribution in [2.75, 3.05) is 0 Å². The SMILES string of the molecule is O=C1C2CCCC1CC2. The lowest BCUT2D eigenvalue weighted by Gasteiger charge is -2.15. The lowest BCUT2D eigenvalue weighted by molar-refractivity contribution is -0.125. The minimum Gasteiger partial charge on any atom is -0.299 e. The highest BCUT2D eigenvalue weighted by molar-refractivity contribution is 5.85. The molecular formula is C8H12O. The van der Waals surface area contributed by atoms with Gasteiger partial charge in [-0.3, -0.25) is 4.79 Å². The molecule has 0 aromatic carbocycles. The van der Waals surface area contributed by atoms with Crippen LogP contribution in [-0.4, -0.2) is 5.78 Å². The fourth-order valence-electron chi connectivity index (χ4n) is 2.20. The number of Topliss-reactive ketones (excluding diaryl/α,β-unsaturated/α-hetero) is 1. The molecule has 2 aliphatic carbocycles. The van der Waals surface area contributed by atoms with Crippen LogP contribution in [0.3, 0.4) is 0 Å². The van der Waals surface area contributed by atoms with E-state index < -0.39 is 0 Å². The monoisotopic (exact) mass is 124 g/mol. The maximum atomic E-state index is 11.2. The van der Waals surface area contributed by atoms with E-state index in [1.165, 1.54) is 32.1 Å². The predicted octanol–water partition coefficient (Wildman–Crippen LogP) is 1.77. The summed E-state index contributed by atoms with van der Waals surface area (Å²) in [6.45, 7) is 0. The molecule has 1 heteroatoms. The fourth-order valence-corrected chi connectivity index (χ4v) is 2.20. The summed E-state index contributed by atoms with van der Waals surface area (Å²) >= 11 is 0. The number of hydrogen-bond acceptors (Lipinski definition) is 1. The van der Waals surface area contributed by atoms with Gasteiger partial charge in [-0.2, -0.15) is 0 Å². The normalized spacial score (nSPS) is 41.6. The van der Waals surface area contributed by atoms with Crippen molar-refractivity contribution in [3.05, 3.63) is 0 Å². The topological polar surface area (TPSA) is 17.1 Å². The van der Waals surface area contributed by atoms with E-state index in [9.17, 15) is 4.79 Å². The molecule has 0 aromatic rings. The highest BCUT2D eigenvalue weighted by atomic mass is 16.1. The zero-order chi connectivity index (χ0) is 6.27. The molecule has 0 N–H and O–H groups in total. The number of fused-ring (bicyclic) bond motifs is 2. The Labute approximate surface area is 55.4 Å². The third-order valence-corrected chi connectivity index (χ3v) is 2.77. The van der Waals surface area contributed by atoms with E-state index in [0.29, 0.717) is 17.6 Å². The molecule has 0 heterocycles. The van der Waals surface area contributed by atoms with Crippen molar-refractivity contribution < 1.29 is 4.79 Å². The Balaban J connectivity index is 2.19. The molecule has 1 nitrogen and oxygen atoms in total. The summed E-state index contributed by atoms with van der Waals surface area (Å²) in [6.07, 6.45) is 6.08. The van der Waals surface area contributed by atoms with Gasteiger partial charge in [-0.05, 0) is 25.7 Å². The molecule has 0 amide bonds. The molecule has 2 saturated carbocycles. The number of hydrogen-bond donors (Lipinski definition) is 0. The van der Waals surface area contributed by atoms with E-state index in [0.717, 1.165) is 0 Å². The van der Waals surface area contributed by atoms with Crippen LogP contribution in [0.25, 0.3) is 0 Å². The lowest BCUT2D eigenvalue weighted by Crippen LogP contribution is -2.18. The van der Waals surface area contributed by atoms with Gasteiger partial charge in [0.2, 0.25) is 0 Å². The Kier molecular flexibility index (Phi) is 1.11. The molecule has 0 radical (unpaired) electrons. The van der Waals surface area contributed by atoms with E-state index in [1.807, 2.05) is 0 Å². The molecular weight excluding hydrogens is 112 g/mol. The largest absolute Gasteiger partial charge is 0.299 e. The molecule has 2 atom stereocenters. The van der Waals surface area contributed by atoms with Crippen molar-refractivity contribution >= 4 is 5.78 Å².